The van der Waals surface area contributed by atoms with E-state index in [1.54, 1.807) is 0 Å². The van der Waals surface area contributed by atoms with Gasteiger partial charge >= 0.3 is 11.9 Å². The van der Waals surface area contributed by atoms with Gasteiger partial charge in [0.1, 0.15) is 23.7 Å². The Hall–Kier alpha value is -1.77. The number of rotatable bonds is 2. The summed E-state index contributed by atoms with van der Waals surface area (Å²) >= 11 is 0. The molecule has 0 radical (unpaired) electrons. The van der Waals surface area contributed by atoms with Gasteiger partial charge in [-0.15, -0.1) is 0 Å². The van der Waals surface area contributed by atoms with Crippen LogP contribution in [-0.4, -0.2) is 58.6 Å². The highest BCUT2D eigenvalue weighted by atomic mass is 16.7. The summed E-state index contributed by atoms with van der Waals surface area (Å²) in [7, 11) is 0. The molecule has 4 bridgehead atoms. The molecule has 0 aromatic rings. The highest BCUT2D eigenvalue weighted by Gasteiger charge is 2.88. The van der Waals surface area contributed by atoms with Gasteiger partial charge in [0, 0.05) is 31.1 Å². The van der Waals surface area contributed by atoms with E-state index in [1.165, 1.54) is 13.8 Å². The molecule has 4 saturated carbocycles. The number of ketones is 1. The van der Waals surface area contributed by atoms with Crippen LogP contribution >= 0.6 is 0 Å². The zero-order valence-corrected chi connectivity index (χ0v) is 19.1. The van der Waals surface area contributed by atoms with Crippen LogP contribution in [0.3, 0.4) is 0 Å². The Morgan fingerprint density at radius 1 is 1.12 bits per heavy atom. The number of Topliss-reactive ketones (excluding diaryl/α,β-unsaturated/α-hetero) is 1. The summed E-state index contributed by atoms with van der Waals surface area (Å²) in [5.41, 5.74) is -2.69. The van der Waals surface area contributed by atoms with Crippen molar-refractivity contribution in [3.05, 3.63) is 12.2 Å². The van der Waals surface area contributed by atoms with Crippen LogP contribution in [0, 0.1) is 34.0 Å². The van der Waals surface area contributed by atoms with Gasteiger partial charge in [-0.3, -0.25) is 14.4 Å². The minimum atomic E-state index is -2.23. The highest BCUT2D eigenvalue weighted by molar-refractivity contribution is 6.05. The molecule has 8 heteroatoms. The molecule has 2 aliphatic heterocycles. The predicted octanol–water partition coefficient (Wildman–Crippen LogP) is 1.52. The number of hydrogen-bond acceptors (Lipinski definition) is 8. The predicted molar refractivity (Wildman–Crippen MR) is 110 cm³/mol. The SMILES string of the molecule is C=C1C(=O)C23C(OC(C)=O)C1CCC2C12COC3(O)C(O)C1C(C)(C)CCC2OC(C)=O. The molecule has 6 rings (SSSR count). The second-order valence-electron chi connectivity index (χ2n) is 11.1. The highest BCUT2D eigenvalue weighted by Crippen LogP contribution is 2.77. The first-order valence-electron chi connectivity index (χ1n) is 11.5. The fourth-order valence-electron chi connectivity index (χ4n) is 8.56. The van der Waals surface area contributed by atoms with Crippen LogP contribution in [-0.2, 0) is 28.6 Å². The van der Waals surface area contributed by atoms with Crippen molar-refractivity contribution in [2.75, 3.05) is 6.61 Å². The minimum Gasteiger partial charge on any atom is -0.462 e. The zero-order chi connectivity index (χ0) is 23.4. The Kier molecular flexibility index (Phi) is 4.42. The van der Waals surface area contributed by atoms with E-state index in [1.807, 2.05) is 13.8 Å². The molecule has 8 nitrogen and oxygen atoms in total. The summed E-state index contributed by atoms with van der Waals surface area (Å²) in [6.07, 6.45) is -0.650. The third-order valence-corrected chi connectivity index (χ3v) is 9.42. The van der Waals surface area contributed by atoms with Gasteiger partial charge in [-0.2, -0.15) is 0 Å². The molecule has 0 amide bonds. The molecule has 4 aliphatic carbocycles. The Morgan fingerprint density at radius 3 is 2.41 bits per heavy atom. The molecular weight excluding hydrogens is 416 g/mol. The molecule has 6 aliphatic rings. The van der Waals surface area contributed by atoms with Gasteiger partial charge in [-0.25, -0.2) is 0 Å². The van der Waals surface area contributed by atoms with Gasteiger partial charge in [0.25, 0.3) is 0 Å². The van der Waals surface area contributed by atoms with Crippen LogP contribution in [0.15, 0.2) is 12.2 Å². The number of esters is 2. The molecule has 2 heterocycles. The second kappa shape index (κ2) is 6.42. The van der Waals surface area contributed by atoms with E-state index < -0.39 is 75.8 Å². The van der Waals surface area contributed by atoms with Crippen molar-refractivity contribution in [2.24, 2.45) is 34.0 Å². The largest absolute Gasteiger partial charge is 0.462 e. The van der Waals surface area contributed by atoms with E-state index in [9.17, 15) is 24.6 Å². The van der Waals surface area contributed by atoms with Gasteiger partial charge in [-0.05, 0) is 42.6 Å². The molecule has 32 heavy (non-hydrogen) atoms. The Balaban J connectivity index is 1.79. The molecular formula is C24H32O8. The number of ether oxygens (including phenoxy) is 3. The van der Waals surface area contributed by atoms with Crippen LogP contribution < -0.4 is 0 Å². The Morgan fingerprint density at radius 2 is 1.78 bits per heavy atom. The van der Waals surface area contributed by atoms with Gasteiger partial charge in [-0.1, -0.05) is 20.4 Å². The number of carbonyl (C=O) groups is 3. The van der Waals surface area contributed by atoms with E-state index >= 15 is 0 Å². The Bertz CT molecular complexity index is 925. The number of fused-ring (bicyclic) bond motifs is 2. The first-order chi connectivity index (χ1) is 14.9. The molecule has 0 aromatic carbocycles. The first kappa shape index (κ1) is 22.0. The van der Waals surface area contributed by atoms with Crippen LogP contribution in [0.4, 0.5) is 0 Å². The van der Waals surface area contributed by atoms with E-state index in [0.717, 1.165) is 0 Å². The molecule has 0 aromatic heterocycles. The van der Waals surface area contributed by atoms with Crippen molar-refractivity contribution in [1.29, 1.82) is 0 Å². The van der Waals surface area contributed by atoms with Crippen LogP contribution in [0.2, 0.25) is 0 Å². The summed E-state index contributed by atoms with van der Waals surface area (Å²) in [5.74, 6) is -5.07. The lowest BCUT2D eigenvalue weighted by Crippen LogP contribution is -2.86. The quantitative estimate of drug-likeness (QED) is 0.482. The van der Waals surface area contributed by atoms with E-state index in [0.29, 0.717) is 31.3 Å². The standard InChI is InChI=1S/C24H32O8/c1-11-14-6-7-15-22-10-30-24(29,23(15,18(11)27)20(14)32-13(3)26)19(28)17(22)21(4,5)9-8-16(22)31-12(2)25/h14-17,19-20,28-29H,1,6-10H2,2-5H3. The van der Waals surface area contributed by atoms with Crippen molar-refractivity contribution in [1.82, 2.24) is 0 Å². The van der Waals surface area contributed by atoms with E-state index in [-0.39, 0.29) is 6.61 Å². The topological polar surface area (TPSA) is 119 Å². The maximum Gasteiger partial charge on any atom is 0.302 e. The molecule has 9 unspecified atom stereocenters. The summed E-state index contributed by atoms with van der Waals surface area (Å²) < 4.78 is 17.6. The normalized spacial score (nSPS) is 50.4. The third-order valence-electron chi connectivity index (χ3n) is 9.42. The average molecular weight is 449 g/mol. The maximum absolute atomic E-state index is 13.9. The molecule has 6 fully saturated rings. The average Bonchev–Trinajstić information content (AvgIpc) is 2.80. The summed E-state index contributed by atoms with van der Waals surface area (Å²) in [4.78, 5) is 38.1. The molecule has 9 atom stereocenters. The molecule has 2 saturated heterocycles. The number of aliphatic hydroxyl groups excluding tert-OH is 1. The second-order valence-corrected chi connectivity index (χ2v) is 11.1. The van der Waals surface area contributed by atoms with Gasteiger partial charge < -0.3 is 24.4 Å². The van der Waals surface area contributed by atoms with Crippen molar-refractivity contribution >= 4 is 17.7 Å². The van der Waals surface area contributed by atoms with Crippen LogP contribution in [0.1, 0.15) is 53.4 Å². The minimum absolute atomic E-state index is 0.0518. The number of aliphatic hydroxyl groups is 2. The lowest BCUT2D eigenvalue weighted by atomic mass is 9.35. The maximum atomic E-state index is 13.9. The lowest BCUT2D eigenvalue weighted by molar-refractivity contribution is -0.457. The Labute approximate surface area is 187 Å². The fourth-order valence-corrected chi connectivity index (χ4v) is 8.56. The smallest absolute Gasteiger partial charge is 0.302 e. The van der Waals surface area contributed by atoms with Gasteiger partial charge in [0.2, 0.25) is 5.79 Å². The number of carbonyl (C=O) groups excluding carboxylic acids is 3. The van der Waals surface area contributed by atoms with Crippen molar-refractivity contribution in [2.45, 2.75) is 77.5 Å². The van der Waals surface area contributed by atoms with Crippen molar-refractivity contribution in [3.8, 4) is 0 Å². The fraction of sp³-hybridized carbons (Fsp3) is 0.792. The summed E-state index contributed by atoms with van der Waals surface area (Å²) in [6, 6.07) is 0. The molecule has 2 spiro atoms. The van der Waals surface area contributed by atoms with Crippen molar-refractivity contribution < 1.29 is 38.8 Å². The first-order valence-corrected chi connectivity index (χ1v) is 11.5. The lowest BCUT2D eigenvalue weighted by Gasteiger charge is -2.74. The third kappa shape index (κ3) is 2.21. The molecule has 2 N–H and O–H groups in total. The summed E-state index contributed by atoms with van der Waals surface area (Å²) in [5, 5.41) is 23.7. The zero-order valence-electron chi connectivity index (χ0n) is 19.1. The van der Waals surface area contributed by atoms with Crippen molar-refractivity contribution in [3.63, 3.8) is 0 Å². The molecule has 176 valence electrons. The van der Waals surface area contributed by atoms with Gasteiger partial charge in [0.05, 0.1) is 6.61 Å². The summed E-state index contributed by atoms with van der Waals surface area (Å²) in [6.45, 7) is 10.7. The van der Waals surface area contributed by atoms with Crippen LogP contribution in [0.5, 0.6) is 0 Å². The monoisotopic (exact) mass is 448 g/mol. The van der Waals surface area contributed by atoms with E-state index in [4.69, 9.17) is 14.2 Å². The van der Waals surface area contributed by atoms with E-state index in [2.05, 4.69) is 6.58 Å². The number of hydrogen-bond donors (Lipinski definition) is 2. The van der Waals surface area contributed by atoms with Crippen LogP contribution in [0.25, 0.3) is 0 Å². The van der Waals surface area contributed by atoms with Gasteiger partial charge in [0.15, 0.2) is 5.78 Å².